The molecule has 0 saturated carbocycles. The zero-order valence-corrected chi connectivity index (χ0v) is 59.8. The average Bonchev–Trinajstić information content (AvgIpc) is 2.89. The lowest BCUT2D eigenvalue weighted by atomic mass is 10.1. The van der Waals surface area contributed by atoms with E-state index in [0.29, 0.717) is 25.7 Å². The summed E-state index contributed by atoms with van der Waals surface area (Å²) in [5.41, 5.74) is 0. The van der Waals surface area contributed by atoms with Crippen LogP contribution in [0, 0.1) is 0 Å². The van der Waals surface area contributed by atoms with Crippen LogP contribution in [-0.4, -0.2) is 96.7 Å². The largest absolute Gasteiger partial charge is 0.472 e. The molecule has 0 spiro atoms. The number of phosphoric acid groups is 2. The van der Waals surface area contributed by atoms with Crippen LogP contribution in [0.1, 0.15) is 310 Å². The van der Waals surface area contributed by atoms with Gasteiger partial charge in [0.25, 0.3) is 0 Å². The lowest BCUT2D eigenvalue weighted by Crippen LogP contribution is -2.30. The molecular formula is C73H130O17P2. The molecule has 3 N–H and O–H groups in total. The molecular weight excluding hydrogens is 1210 g/mol. The molecule has 0 aromatic carbocycles. The van der Waals surface area contributed by atoms with Gasteiger partial charge in [-0.1, -0.05) is 235 Å². The van der Waals surface area contributed by atoms with Crippen molar-refractivity contribution in [2.24, 2.45) is 0 Å². The summed E-state index contributed by atoms with van der Waals surface area (Å²) in [4.78, 5) is 72.6. The van der Waals surface area contributed by atoms with Gasteiger partial charge in [-0.3, -0.25) is 37.3 Å². The molecule has 19 heteroatoms. The maximum absolute atomic E-state index is 13.0. The van der Waals surface area contributed by atoms with Crippen LogP contribution in [0.5, 0.6) is 0 Å². The van der Waals surface area contributed by atoms with Crippen LogP contribution in [0.2, 0.25) is 0 Å². The molecule has 0 radical (unpaired) electrons. The Kier molecular flexibility index (Phi) is 63.6. The number of aliphatic hydroxyl groups is 1. The molecule has 0 aromatic rings. The van der Waals surface area contributed by atoms with Crippen molar-refractivity contribution >= 4 is 39.5 Å². The van der Waals surface area contributed by atoms with Crippen molar-refractivity contribution in [2.45, 2.75) is 329 Å². The minimum Gasteiger partial charge on any atom is -0.462 e. The zero-order chi connectivity index (χ0) is 67.5. The minimum atomic E-state index is -4.97. The molecule has 5 atom stereocenters. The third-order valence-electron chi connectivity index (χ3n) is 15.1. The summed E-state index contributed by atoms with van der Waals surface area (Å²) >= 11 is 0. The highest BCUT2D eigenvalue weighted by molar-refractivity contribution is 7.47. The molecule has 5 unspecified atom stereocenters. The molecule has 0 amide bonds. The van der Waals surface area contributed by atoms with Crippen molar-refractivity contribution in [3.05, 3.63) is 72.9 Å². The molecule has 0 rings (SSSR count). The number of allylic oxidation sites excluding steroid dienone is 12. The number of ether oxygens (including phenoxy) is 4. The van der Waals surface area contributed by atoms with Crippen LogP contribution in [0.4, 0.5) is 0 Å². The Hall–Kier alpha value is -3.50. The fourth-order valence-corrected chi connectivity index (χ4v) is 11.1. The van der Waals surface area contributed by atoms with Gasteiger partial charge in [-0.05, 0) is 122 Å². The lowest BCUT2D eigenvalue weighted by molar-refractivity contribution is -0.161. The summed E-state index contributed by atoms with van der Waals surface area (Å²) in [5, 5.41) is 10.6. The Morgan fingerprint density at radius 3 is 0.913 bits per heavy atom. The molecule has 0 fully saturated rings. The van der Waals surface area contributed by atoms with Crippen LogP contribution in [0.15, 0.2) is 72.9 Å². The maximum atomic E-state index is 13.0. The molecule has 0 aliphatic rings. The molecule has 0 bridgehead atoms. The van der Waals surface area contributed by atoms with E-state index in [2.05, 4.69) is 101 Å². The lowest BCUT2D eigenvalue weighted by Gasteiger charge is -2.21. The summed E-state index contributed by atoms with van der Waals surface area (Å²) in [5.74, 6) is -2.20. The second kappa shape index (κ2) is 66.1. The highest BCUT2D eigenvalue weighted by atomic mass is 31.2. The van der Waals surface area contributed by atoms with Crippen molar-refractivity contribution in [1.29, 1.82) is 0 Å². The van der Waals surface area contributed by atoms with E-state index in [1.165, 1.54) is 51.4 Å². The Morgan fingerprint density at radius 2 is 0.576 bits per heavy atom. The second-order valence-electron chi connectivity index (χ2n) is 24.1. The molecule has 0 saturated heterocycles. The molecule has 0 heterocycles. The van der Waals surface area contributed by atoms with E-state index in [9.17, 15) is 43.2 Å². The summed E-state index contributed by atoms with van der Waals surface area (Å²) in [6.45, 7) is 4.64. The Bertz CT molecular complexity index is 2040. The van der Waals surface area contributed by atoms with Crippen LogP contribution in [0.25, 0.3) is 0 Å². The highest BCUT2D eigenvalue weighted by Crippen LogP contribution is 2.45. The van der Waals surface area contributed by atoms with Gasteiger partial charge < -0.3 is 33.8 Å². The maximum Gasteiger partial charge on any atom is 0.472 e. The standard InChI is InChI=1S/C73H130O17P2/c1-5-9-13-17-21-25-29-31-32-33-34-36-39-42-46-50-54-58-71(76)84-64-69(90-73(78)60-56-52-48-44-40-35-30-26-22-18-14-10-6-2)66-88-92(81,82)86-62-67(74)61-85-91(79,80)87-65-68(89-72(77)59-55-51-47-43-38-28-24-20-16-12-8-4)63-83-70(75)57-53-49-45-41-37-27-23-19-15-11-7-3/h9,13,19-21,23-26,30-32,67-69,74H,5-8,10-12,14-18,22,27-29,33-66H2,1-4H3,(H,79,80)(H,81,82)/b13-9-,23-19-,24-20-,25-21-,30-26-,32-31-. The van der Waals surface area contributed by atoms with E-state index < -0.39 is 97.5 Å². The van der Waals surface area contributed by atoms with Gasteiger partial charge in [-0.2, -0.15) is 0 Å². The third kappa shape index (κ3) is 65.2. The highest BCUT2D eigenvalue weighted by Gasteiger charge is 2.30. The molecule has 92 heavy (non-hydrogen) atoms. The SMILES string of the molecule is CC/C=C\C/C=C\C/C=C\CCCCCCCCCC(=O)OCC(COP(=O)(O)OCC(O)COP(=O)(O)OCC(COC(=O)CCCCCCC/C=C\CCCC)OC(=O)CCCCCCC/C=C\CCCC)OC(=O)CCCCCCC/C=C\CCCCCC. The Morgan fingerprint density at radius 1 is 0.315 bits per heavy atom. The van der Waals surface area contributed by atoms with Crippen LogP contribution < -0.4 is 0 Å². The first-order valence-electron chi connectivity index (χ1n) is 36.2. The number of unbranched alkanes of at least 4 members (excludes halogenated alkanes) is 30. The summed E-state index contributed by atoms with van der Waals surface area (Å²) < 4.78 is 68.2. The summed E-state index contributed by atoms with van der Waals surface area (Å²) in [6, 6.07) is 0. The number of hydrogen-bond acceptors (Lipinski definition) is 15. The first kappa shape index (κ1) is 88.5. The number of carbonyl (C=O) groups excluding carboxylic acids is 4. The van der Waals surface area contributed by atoms with E-state index in [1.54, 1.807) is 0 Å². The van der Waals surface area contributed by atoms with Gasteiger partial charge in [0.15, 0.2) is 12.2 Å². The van der Waals surface area contributed by atoms with E-state index in [4.69, 9.17) is 37.0 Å². The Balaban J connectivity index is 5.30. The van der Waals surface area contributed by atoms with E-state index in [-0.39, 0.29) is 25.7 Å². The van der Waals surface area contributed by atoms with Crippen molar-refractivity contribution in [3.8, 4) is 0 Å². The first-order chi connectivity index (χ1) is 44.7. The number of carbonyl (C=O) groups is 4. The normalized spacial score (nSPS) is 14.5. The quantitative estimate of drug-likeness (QED) is 0.0169. The smallest absolute Gasteiger partial charge is 0.462 e. The molecule has 0 aliphatic heterocycles. The monoisotopic (exact) mass is 1340 g/mol. The van der Waals surface area contributed by atoms with Gasteiger partial charge in [0, 0.05) is 25.7 Å². The van der Waals surface area contributed by atoms with Crippen molar-refractivity contribution < 1.29 is 80.2 Å². The molecule has 0 aliphatic carbocycles. The van der Waals surface area contributed by atoms with Crippen molar-refractivity contribution in [1.82, 2.24) is 0 Å². The number of hydrogen-bond donors (Lipinski definition) is 3. The number of phosphoric ester groups is 2. The molecule has 534 valence electrons. The fraction of sp³-hybridized carbons (Fsp3) is 0.781. The van der Waals surface area contributed by atoms with Gasteiger partial charge in [0.05, 0.1) is 26.4 Å². The predicted molar refractivity (Wildman–Crippen MR) is 372 cm³/mol. The first-order valence-corrected chi connectivity index (χ1v) is 39.2. The number of aliphatic hydroxyl groups excluding tert-OH is 1. The minimum absolute atomic E-state index is 0.0845. The number of esters is 4. The second-order valence-corrected chi connectivity index (χ2v) is 27.0. The van der Waals surface area contributed by atoms with Crippen molar-refractivity contribution in [2.75, 3.05) is 39.6 Å². The van der Waals surface area contributed by atoms with Gasteiger partial charge in [-0.25, -0.2) is 9.13 Å². The van der Waals surface area contributed by atoms with Gasteiger partial charge in [-0.15, -0.1) is 0 Å². The van der Waals surface area contributed by atoms with E-state index in [1.807, 2.05) is 0 Å². The van der Waals surface area contributed by atoms with Gasteiger partial charge >= 0.3 is 39.5 Å². The van der Waals surface area contributed by atoms with Crippen LogP contribution in [0.3, 0.4) is 0 Å². The summed E-state index contributed by atoms with van der Waals surface area (Å²) in [6.07, 6.45) is 63.4. The third-order valence-corrected chi connectivity index (χ3v) is 17.0. The fourth-order valence-electron chi connectivity index (χ4n) is 9.54. The van der Waals surface area contributed by atoms with E-state index >= 15 is 0 Å². The molecule has 17 nitrogen and oxygen atoms in total. The van der Waals surface area contributed by atoms with Crippen LogP contribution in [-0.2, 0) is 65.4 Å². The topological polar surface area (TPSA) is 237 Å². The Labute approximate surface area is 558 Å². The zero-order valence-electron chi connectivity index (χ0n) is 58.0. The number of rotatable bonds is 68. The van der Waals surface area contributed by atoms with Gasteiger partial charge in [0.2, 0.25) is 0 Å². The molecule has 0 aromatic heterocycles. The van der Waals surface area contributed by atoms with Crippen molar-refractivity contribution in [3.63, 3.8) is 0 Å². The average molecular weight is 1340 g/mol. The van der Waals surface area contributed by atoms with E-state index in [0.717, 1.165) is 180 Å². The summed E-state index contributed by atoms with van der Waals surface area (Å²) in [7, 11) is -9.93. The van der Waals surface area contributed by atoms with Gasteiger partial charge in [0.1, 0.15) is 19.3 Å². The van der Waals surface area contributed by atoms with Crippen LogP contribution >= 0.6 is 15.6 Å². The predicted octanol–water partition coefficient (Wildman–Crippen LogP) is 20.1.